The molecule has 3 aromatic rings. The summed E-state index contributed by atoms with van der Waals surface area (Å²) in [6, 6.07) is 15.3. The van der Waals surface area contributed by atoms with Gasteiger partial charge in [0, 0.05) is 24.4 Å². The predicted octanol–water partition coefficient (Wildman–Crippen LogP) is 4.81. The van der Waals surface area contributed by atoms with Gasteiger partial charge in [0.25, 0.3) is 0 Å². The molecule has 0 amide bonds. The molecule has 1 heterocycles. The molecule has 24 heavy (non-hydrogen) atoms. The SMILES string of the molecule is Cc1ccc(CCc2ncc(-c3ccc4c(c3)CC=C4)cn2)cc1. The summed E-state index contributed by atoms with van der Waals surface area (Å²) in [4.78, 5) is 9.11. The second-order valence-corrected chi connectivity index (χ2v) is 6.39. The Morgan fingerprint density at radius 3 is 2.46 bits per heavy atom. The lowest BCUT2D eigenvalue weighted by Gasteiger charge is -2.06. The molecule has 0 atom stereocenters. The van der Waals surface area contributed by atoms with Crippen molar-refractivity contribution in [3.63, 3.8) is 0 Å². The number of nitrogens with zero attached hydrogens (tertiary/aromatic N) is 2. The standard InChI is InChI=1S/C22H20N2/c1-16-5-7-17(8-6-16)9-12-22-23-14-21(15-24-22)20-11-10-18-3-2-4-19(18)13-20/h2-3,5-8,10-11,13-15H,4,9,12H2,1H3. The Labute approximate surface area is 142 Å². The van der Waals surface area contributed by atoms with Gasteiger partial charge in [0.2, 0.25) is 0 Å². The molecule has 0 N–H and O–H groups in total. The third-order valence-corrected chi connectivity index (χ3v) is 4.57. The van der Waals surface area contributed by atoms with E-state index in [2.05, 4.69) is 71.5 Å². The zero-order valence-corrected chi connectivity index (χ0v) is 13.9. The van der Waals surface area contributed by atoms with E-state index >= 15 is 0 Å². The molecule has 4 rings (SSSR count). The normalized spacial score (nSPS) is 12.4. The average molecular weight is 312 g/mol. The molecule has 0 saturated carbocycles. The van der Waals surface area contributed by atoms with E-state index in [1.54, 1.807) is 0 Å². The lowest BCUT2D eigenvalue weighted by molar-refractivity contribution is 0.858. The Balaban J connectivity index is 1.45. The molecule has 1 aromatic heterocycles. The minimum Gasteiger partial charge on any atom is -0.241 e. The molecular weight excluding hydrogens is 292 g/mol. The van der Waals surface area contributed by atoms with Crippen LogP contribution in [0.2, 0.25) is 0 Å². The number of aromatic nitrogens is 2. The summed E-state index contributed by atoms with van der Waals surface area (Å²) in [6.07, 6.45) is 11.2. The summed E-state index contributed by atoms with van der Waals surface area (Å²) in [5.41, 5.74) is 7.62. The Morgan fingerprint density at radius 1 is 0.875 bits per heavy atom. The Bertz CT molecular complexity index is 875. The van der Waals surface area contributed by atoms with Crippen LogP contribution in [-0.4, -0.2) is 9.97 Å². The fraction of sp³-hybridized carbons (Fsp3) is 0.182. The lowest BCUT2D eigenvalue weighted by Crippen LogP contribution is -1.98. The number of benzene rings is 2. The number of allylic oxidation sites excluding steroid dienone is 1. The molecule has 0 unspecified atom stereocenters. The third kappa shape index (κ3) is 3.13. The summed E-state index contributed by atoms with van der Waals surface area (Å²) in [6.45, 7) is 2.11. The van der Waals surface area contributed by atoms with E-state index in [9.17, 15) is 0 Å². The minimum atomic E-state index is 0.872. The maximum Gasteiger partial charge on any atom is 0.128 e. The zero-order valence-electron chi connectivity index (χ0n) is 13.9. The van der Waals surface area contributed by atoms with Crippen molar-refractivity contribution in [1.82, 2.24) is 9.97 Å². The Morgan fingerprint density at radius 2 is 1.67 bits per heavy atom. The van der Waals surface area contributed by atoms with E-state index in [1.807, 2.05) is 12.4 Å². The van der Waals surface area contributed by atoms with Crippen LogP contribution in [0, 0.1) is 6.92 Å². The topological polar surface area (TPSA) is 25.8 Å². The van der Waals surface area contributed by atoms with E-state index in [1.165, 1.54) is 27.8 Å². The molecule has 2 nitrogen and oxygen atoms in total. The monoisotopic (exact) mass is 312 g/mol. The van der Waals surface area contributed by atoms with Gasteiger partial charge >= 0.3 is 0 Å². The molecule has 0 fully saturated rings. The van der Waals surface area contributed by atoms with Crippen LogP contribution in [0.4, 0.5) is 0 Å². The van der Waals surface area contributed by atoms with E-state index in [-0.39, 0.29) is 0 Å². The summed E-state index contributed by atoms with van der Waals surface area (Å²) >= 11 is 0. The van der Waals surface area contributed by atoms with Gasteiger partial charge in [-0.2, -0.15) is 0 Å². The predicted molar refractivity (Wildman–Crippen MR) is 98.8 cm³/mol. The van der Waals surface area contributed by atoms with Gasteiger partial charge in [-0.15, -0.1) is 0 Å². The summed E-state index contributed by atoms with van der Waals surface area (Å²) in [5, 5.41) is 0. The largest absolute Gasteiger partial charge is 0.241 e. The van der Waals surface area contributed by atoms with Gasteiger partial charge in [0.05, 0.1) is 0 Å². The molecule has 1 aliphatic carbocycles. The van der Waals surface area contributed by atoms with Crippen molar-refractivity contribution < 1.29 is 0 Å². The van der Waals surface area contributed by atoms with Gasteiger partial charge in [-0.05, 0) is 42.0 Å². The Kier molecular flexibility index (Phi) is 3.96. The zero-order chi connectivity index (χ0) is 16.4. The first-order valence-corrected chi connectivity index (χ1v) is 8.44. The van der Waals surface area contributed by atoms with Crippen molar-refractivity contribution in [2.24, 2.45) is 0 Å². The van der Waals surface area contributed by atoms with Crippen molar-refractivity contribution >= 4 is 6.08 Å². The summed E-state index contributed by atoms with van der Waals surface area (Å²) in [7, 11) is 0. The van der Waals surface area contributed by atoms with Gasteiger partial charge in [-0.25, -0.2) is 9.97 Å². The van der Waals surface area contributed by atoms with Crippen LogP contribution in [0.15, 0.2) is 60.9 Å². The lowest BCUT2D eigenvalue weighted by atomic mass is 10.0. The van der Waals surface area contributed by atoms with Crippen molar-refractivity contribution in [2.45, 2.75) is 26.2 Å². The number of hydrogen-bond donors (Lipinski definition) is 0. The van der Waals surface area contributed by atoms with Crippen molar-refractivity contribution in [3.05, 3.63) is 89.0 Å². The van der Waals surface area contributed by atoms with Crippen LogP contribution in [0.25, 0.3) is 17.2 Å². The van der Waals surface area contributed by atoms with Crippen LogP contribution in [0.3, 0.4) is 0 Å². The van der Waals surface area contributed by atoms with E-state index in [0.717, 1.165) is 30.7 Å². The minimum absolute atomic E-state index is 0.872. The van der Waals surface area contributed by atoms with Crippen LogP contribution >= 0.6 is 0 Å². The van der Waals surface area contributed by atoms with Crippen molar-refractivity contribution in [3.8, 4) is 11.1 Å². The second kappa shape index (κ2) is 6.40. The van der Waals surface area contributed by atoms with Crippen LogP contribution < -0.4 is 0 Å². The molecule has 0 aliphatic heterocycles. The first-order chi connectivity index (χ1) is 11.8. The quantitative estimate of drug-likeness (QED) is 0.691. The maximum atomic E-state index is 4.55. The van der Waals surface area contributed by atoms with Gasteiger partial charge in [0.1, 0.15) is 5.82 Å². The van der Waals surface area contributed by atoms with Gasteiger partial charge < -0.3 is 0 Å². The molecule has 0 saturated heterocycles. The van der Waals surface area contributed by atoms with Gasteiger partial charge in [-0.1, -0.05) is 60.2 Å². The van der Waals surface area contributed by atoms with E-state index < -0.39 is 0 Å². The van der Waals surface area contributed by atoms with Crippen LogP contribution in [0.1, 0.15) is 28.1 Å². The molecule has 0 radical (unpaired) electrons. The fourth-order valence-corrected chi connectivity index (χ4v) is 3.08. The maximum absolute atomic E-state index is 4.55. The Hall–Kier alpha value is -2.74. The smallest absolute Gasteiger partial charge is 0.128 e. The second-order valence-electron chi connectivity index (χ2n) is 6.39. The highest BCUT2D eigenvalue weighted by Crippen LogP contribution is 2.26. The number of fused-ring (bicyclic) bond motifs is 1. The fourth-order valence-electron chi connectivity index (χ4n) is 3.08. The first kappa shape index (κ1) is 14.8. The molecule has 2 aromatic carbocycles. The van der Waals surface area contributed by atoms with Crippen LogP contribution in [0.5, 0.6) is 0 Å². The van der Waals surface area contributed by atoms with Crippen LogP contribution in [-0.2, 0) is 19.3 Å². The molecule has 0 bridgehead atoms. The number of hydrogen-bond acceptors (Lipinski definition) is 2. The van der Waals surface area contributed by atoms with Crippen molar-refractivity contribution in [1.29, 1.82) is 0 Å². The van der Waals surface area contributed by atoms with E-state index in [0.29, 0.717) is 0 Å². The van der Waals surface area contributed by atoms with Crippen molar-refractivity contribution in [2.75, 3.05) is 0 Å². The number of rotatable bonds is 4. The van der Waals surface area contributed by atoms with Gasteiger partial charge in [0.15, 0.2) is 0 Å². The molecule has 2 heteroatoms. The van der Waals surface area contributed by atoms with E-state index in [4.69, 9.17) is 0 Å². The summed E-state index contributed by atoms with van der Waals surface area (Å²) in [5.74, 6) is 0.905. The highest BCUT2D eigenvalue weighted by atomic mass is 14.9. The third-order valence-electron chi connectivity index (χ3n) is 4.57. The number of aryl methyl sites for hydroxylation is 3. The molecule has 0 spiro atoms. The first-order valence-electron chi connectivity index (χ1n) is 8.44. The average Bonchev–Trinajstić information content (AvgIpc) is 3.09. The molecular formula is C22H20N2. The highest BCUT2D eigenvalue weighted by molar-refractivity contribution is 5.69. The highest BCUT2D eigenvalue weighted by Gasteiger charge is 2.07. The van der Waals surface area contributed by atoms with Gasteiger partial charge in [-0.3, -0.25) is 0 Å². The molecule has 118 valence electrons. The summed E-state index contributed by atoms with van der Waals surface area (Å²) < 4.78 is 0. The molecule has 1 aliphatic rings.